The molecular formula is C21H28N4O3S2. The summed E-state index contributed by atoms with van der Waals surface area (Å²) < 4.78 is 5.80. The van der Waals surface area contributed by atoms with Gasteiger partial charge in [0.1, 0.15) is 11.6 Å². The van der Waals surface area contributed by atoms with Crippen molar-refractivity contribution in [2.75, 3.05) is 5.32 Å². The molecule has 30 heavy (non-hydrogen) atoms. The third-order valence-electron chi connectivity index (χ3n) is 4.08. The van der Waals surface area contributed by atoms with Crippen LogP contribution in [0.2, 0.25) is 0 Å². The number of H-pyrrole nitrogens is 1. The second kappa shape index (κ2) is 9.99. The first-order valence-electron chi connectivity index (χ1n) is 9.54. The van der Waals surface area contributed by atoms with E-state index in [2.05, 4.69) is 20.8 Å². The van der Waals surface area contributed by atoms with Crippen LogP contribution in [0.5, 0.6) is 0 Å². The molecule has 2 amide bonds. The summed E-state index contributed by atoms with van der Waals surface area (Å²) in [6.07, 6.45) is 3.96. The van der Waals surface area contributed by atoms with Gasteiger partial charge < -0.3 is 10.1 Å². The molecule has 0 saturated heterocycles. The summed E-state index contributed by atoms with van der Waals surface area (Å²) in [5, 5.41) is 12.3. The van der Waals surface area contributed by atoms with E-state index < -0.39 is 29.1 Å². The number of carbonyl (C=O) groups is 2. The maximum Gasteiger partial charge on any atom is 0.408 e. The van der Waals surface area contributed by atoms with Crippen LogP contribution in [0.25, 0.3) is 0 Å². The van der Waals surface area contributed by atoms with Crippen LogP contribution >= 0.6 is 23.6 Å². The van der Waals surface area contributed by atoms with Gasteiger partial charge in [-0.3, -0.25) is 15.2 Å². The van der Waals surface area contributed by atoms with Gasteiger partial charge in [-0.15, -0.1) is 5.10 Å². The summed E-state index contributed by atoms with van der Waals surface area (Å²) in [7, 11) is 0. The summed E-state index contributed by atoms with van der Waals surface area (Å²) in [5.41, 5.74) is -0.227. The van der Waals surface area contributed by atoms with Crippen LogP contribution in [-0.2, 0) is 16.0 Å². The predicted molar refractivity (Wildman–Crippen MR) is 122 cm³/mol. The molecule has 7 nitrogen and oxygen atoms in total. The Kier molecular flexibility index (Phi) is 7.91. The lowest BCUT2D eigenvalue weighted by atomic mass is 9.83. The summed E-state index contributed by atoms with van der Waals surface area (Å²) in [6, 6.07) is 9.10. The van der Waals surface area contributed by atoms with E-state index in [9.17, 15) is 9.59 Å². The molecule has 0 bridgehead atoms. The number of nitrogens with one attached hydrogen (secondary N) is 3. The molecule has 0 aliphatic carbocycles. The molecule has 0 radical (unpaired) electrons. The molecule has 1 unspecified atom stereocenters. The zero-order valence-electron chi connectivity index (χ0n) is 17.8. The van der Waals surface area contributed by atoms with Crippen LogP contribution in [-0.4, -0.2) is 33.8 Å². The number of aromatic nitrogens is 2. The first-order chi connectivity index (χ1) is 14.0. The van der Waals surface area contributed by atoms with E-state index in [4.69, 9.17) is 17.0 Å². The monoisotopic (exact) mass is 448 g/mol. The van der Waals surface area contributed by atoms with Gasteiger partial charge in [-0.05, 0) is 45.0 Å². The number of rotatable bonds is 7. The maximum atomic E-state index is 13.0. The fourth-order valence-corrected chi connectivity index (χ4v) is 3.48. The zero-order chi connectivity index (χ0) is 22.4. The number of hydrogen-bond donors (Lipinski definition) is 3. The number of benzene rings is 1. The number of nitrogens with zero attached hydrogens (tertiary/aromatic N) is 1. The minimum Gasteiger partial charge on any atom is -0.444 e. The van der Waals surface area contributed by atoms with Crippen LogP contribution in [0.4, 0.5) is 9.93 Å². The van der Waals surface area contributed by atoms with E-state index in [-0.39, 0.29) is 0 Å². The summed E-state index contributed by atoms with van der Waals surface area (Å²) in [6.45, 7) is 9.06. The maximum absolute atomic E-state index is 13.0. The van der Waals surface area contributed by atoms with E-state index in [1.165, 1.54) is 0 Å². The minimum absolute atomic E-state index is 0.338. The fraction of sp³-hybridized carbons (Fsp3) is 0.429. The molecule has 1 aromatic carbocycles. The van der Waals surface area contributed by atoms with Crippen molar-refractivity contribution >= 4 is 40.7 Å². The van der Waals surface area contributed by atoms with E-state index in [1.807, 2.05) is 56.3 Å². The van der Waals surface area contributed by atoms with Gasteiger partial charge in [0.05, 0.1) is 0 Å². The topological polar surface area (TPSA) is 96.1 Å². The van der Waals surface area contributed by atoms with Crippen LogP contribution in [0, 0.1) is 9.37 Å². The standard InChI is InChI=1S/C21H28N4O3S2/c1-20(2,3)28-18(27)22-15(16(26)23-17-24-25-19(29)30-17)21(4,5)13-9-12-14-10-7-6-8-11-14/h6-11,13,15H,12H2,1-5H3,(H,22,27)(H,25,29)(H,23,24,26). The van der Waals surface area contributed by atoms with Gasteiger partial charge in [0.2, 0.25) is 11.0 Å². The second-order valence-corrected chi connectivity index (χ2v) is 10.1. The van der Waals surface area contributed by atoms with Gasteiger partial charge in [-0.1, -0.05) is 67.7 Å². The molecule has 0 spiro atoms. The van der Waals surface area contributed by atoms with Crippen LogP contribution < -0.4 is 10.6 Å². The Hall–Kier alpha value is -2.52. The van der Waals surface area contributed by atoms with Crippen LogP contribution in [0.3, 0.4) is 0 Å². The van der Waals surface area contributed by atoms with Crippen molar-refractivity contribution in [1.29, 1.82) is 0 Å². The second-order valence-electron chi connectivity index (χ2n) is 8.40. The first kappa shape index (κ1) is 23.8. The van der Waals surface area contributed by atoms with Crippen molar-refractivity contribution < 1.29 is 14.3 Å². The SMILES string of the molecule is CC(C)(C)OC(=O)NC(C(=O)Nc1n[nH]c(=S)s1)C(C)(C)C=CCc1ccccc1. The highest BCUT2D eigenvalue weighted by atomic mass is 32.1. The van der Waals surface area contributed by atoms with Crippen molar-refractivity contribution in [3.05, 3.63) is 52.0 Å². The van der Waals surface area contributed by atoms with E-state index in [0.29, 0.717) is 15.5 Å². The number of carbonyl (C=O) groups excluding carboxylic acids is 2. The number of hydrogen-bond acceptors (Lipinski definition) is 6. The van der Waals surface area contributed by atoms with E-state index >= 15 is 0 Å². The zero-order valence-corrected chi connectivity index (χ0v) is 19.4. The third kappa shape index (κ3) is 7.72. The fourth-order valence-electron chi connectivity index (χ4n) is 2.68. The molecule has 3 N–H and O–H groups in total. The number of allylic oxidation sites excluding steroid dienone is 1. The third-order valence-corrected chi connectivity index (χ3v) is 5.08. The van der Waals surface area contributed by atoms with Crippen LogP contribution in [0.1, 0.15) is 40.2 Å². The normalized spacial score (nSPS) is 13.1. The molecule has 2 rings (SSSR count). The number of ether oxygens (including phenoxy) is 1. The first-order valence-corrected chi connectivity index (χ1v) is 10.8. The Labute approximate surface area is 185 Å². The quantitative estimate of drug-likeness (QED) is 0.415. The number of alkyl carbamates (subject to hydrolysis) is 1. The molecule has 1 heterocycles. The Bertz CT molecular complexity index is 943. The van der Waals surface area contributed by atoms with E-state index in [0.717, 1.165) is 16.9 Å². The molecule has 0 aliphatic heterocycles. The Balaban J connectivity index is 2.19. The highest BCUT2D eigenvalue weighted by Crippen LogP contribution is 2.25. The largest absolute Gasteiger partial charge is 0.444 e. The summed E-state index contributed by atoms with van der Waals surface area (Å²) in [5.74, 6) is -0.409. The number of amides is 2. The van der Waals surface area contributed by atoms with Gasteiger partial charge in [0.15, 0.2) is 3.95 Å². The highest BCUT2D eigenvalue weighted by molar-refractivity contribution is 7.73. The average molecular weight is 449 g/mol. The number of aromatic amines is 1. The van der Waals surface area contributed by atoms with Gasteiger partial charge in [-0.25, -0.2) is 4.79 Å². The number of anilines is 1. The highest BCUT2D eigenvalue weighted by Gasteiger charge is 2.36. The predicted octanol–water partition coefficient (Wildman–Crippen LogP) is 4.86. The Morgan fingerprint density at radius 3 is 2.47 bits per heavy atom. The van der Waals surface area contributed by atoms with Gasteiger partial charge >= 0.3 is 6.09 Å². The lowest BCUT2D eigenvalue weighted by Crippen LogP contribution is -2.52. The molecule has 0 saturated carbocycles. The Morgan fingerprint density at radius 2 is 1.90 bits per heavy atom. The minimum atomic E-state index is -0.892. The van der Waals surface area contributed by atoms with Gasteiger partial charge in [0, 0.05) is 5.41 Å². The van der Waals surface area contributed by atoms with E-state index in [1.54, 1.807) is 20.8 Å². The van der Waals surface area contributed by atoms with Crippen molar-refractivity contribution in [2.45, 2.75) is 52.7 Å². The van der Waals surface area contributed by atoms with Crippen molar-refractivity contribution in [2.24, 2.45) is 5.41 Å². The smallest absolute Gasteiger partial charge is 0.408 e. The molecule has 0 aliphatic rings. The molecule has 1 aromatic heterocycles. The molecular weight excluding hydrogens is 420 g/mol. The van der Waals surface area contributed by atoms with Crippen molar-refractivity contribution in [3.63, 3.8) is 0 Å². The molecule has 0 fully saturated rings. The Morgan fingerprint density at radius 1 is 1.23 bits per heavy atom. The molecule has 9 heteroatoms. The molecule has 1 atom stereocenters. The van der Waals surface area contributed by atoms with Gasteiger partial charge in [0.25, 0.3) is 0 Å². The lowest BCUT2D eigenvalue weighted by molar-refractivity contribution is -0.120. The van der Waals surface area contributed by atoms with Crippen molar-refractivity contribution in [3.8, 4) is 0 Å². The van der Waals surface area contributed by atoms with Gasteiger partial charge in [-0.2, -0.15) is 0 Å². The molecule has 162 valence electrons. The van der Waals surface area contributed by atoms with Crippen molar-refractivity contribution in [1.82, 2.24) is 15.5 Å². The summed E-state index contributed by atoms with van der Waals surface area (Å²) in [4.78, 5) is 25.4. The summed E-state index contributed by atoms with van der Waals surface area (Å²) >= 11 is 6.15. The lowest BCUT2D eigenvalue weighted by Gasteiger charge is -2.32. The van der Waals surface area contributed by atoms with Crippen LogP contribution in [0.15, 0.2) is 42.5 Å². The average Bonchev–Trinajstić information content (AvgIpc) is 3.03. The molecule has 2 aromatic rings.